The molecule has 0 unspecified atom stereocenters. The zero-order chi connectivity index (χ0) is 18.8. The summed E-state index contributed by atoms with van der Waals surface area (Å²) < 4.78 is 5.21. The van der Waals surface area contributed by atoms with E-state index < -0.39 is 0 Å². The maximum atomic E-state index is 9.28. The highest BCUT2D eigenvalue weighted by Gasteiger charge is 2.32. The van der Waals surface area contributed by atoms with Gasteiger partial charge in [0, 0.05) is 28.8 Å². The van der Waals surface area contributed by atoms with Gasteiger partial charge in [0.25, 0.3) is 0 Å². The molecule has 1 aliphatic rings. The van der Waals surface area contributed by atoms with Crippen molar-refractivity contribution in [1.82, 2.24) is 10.1 Å². The van der Waals surface area contributed by atoms with Crippen LogP contribution in [0.15, 0.2) is 59.5 Å². The Hall–Kier alpha value is -3.19. The SMILES string of the molecule is C[C@H]1[C@H](/C=C/c2ccc(-c3ccccc3C#N)cn2)c2conc2C[C@@H]1C. The van der Waals surface area contributed by atoms with Gasteiger partial charge in [0.15, 0.2) is 0 Å². The van der Waals surface area contributed by atoms with Crippen molar-refractivity contribution in [3.63, 3.8) is 0 Å². The van der Waals surface area contributed by atoms with Crippen LogP contribution >= 0.6 is 0 Å². The van der Waals surface area contributed by atoms with Crippen molar-refractivity contribution >= 4 is 6.08 Å². The van der Waals surface area contributed by atoms with Gasteiger partial charge in [-0.1, -0.05) is 49.3 Å². The van der Waals surface area contributed by atoms with Gasteiger partial charge in [-0.15, -0.1) is 0 Å². The summed E-state index contributed by atoms with van der Waals surface area (Å²) in [5.74, 6) is 1.38. The summed E-state index contributed by atoms with van der Waals surface area (Å²) in [7, 11) is 0. The Morgan fingerprint density at radius 1 is 1.19 bits per heavy atom. The lowest BCUT2D eigenvalue weighted by Crippen LogP contribution is -2.24. The molecular weight excluding hydrogens is 334 g/mol. The number of rotatable bonds is 3. The normalized spacial score (nSPS) is 21.7. The molecule has 0 saturated heterocycles. The van der Waals surface area contributed by atoms with Gasteiger partial charge in [-0.2, -0.15) is 5.26 Å². The van der Waals surface area contributed by atoms with Crippen LogP contribution < -0.4 is 0 Å². The van der Waals surface area contributed by atoms with Crippen LogP contribution in [-0.2, 0) is 6.42 Å². The maximum absolute atomic E-state index is 9.28. The highest BCUT2D eigenvalue weighted by Crippen LogP contribution is 2.40. The lowest BCUT2D eigenvalue weighted by molar-refractivity contribution is 0.327. The lowest BCUT2D eigenvalue weighted by Gasteiger charge is -2.31. The van der Waals surface area contributed by atoms with Crippen molar-refractivity contribution in [3.8, 4) is 17.2 Å². The molecular formula is C23H21N3O. The second kappa shape index (κ2) is 7.20. The summed E-state index contributed by atoms with van der Waals surface area (Å²) in [6.07, 6.45) is 8.86. The van der Waals surface area contributed by atoms with E-state index in [4.69, 9.17) is 4.52 Å². The van der Waals surface area contributed by atoms with Crippen LogP contribution in [0.3, 0.4) is 0 Å². The molecule has 2 aromatic heterocycles. The lowest BCUT2D eigenvalue weighted by atomic mass is 9.73. The van der Waals surface area contributed by atoms with Crippen molar-refractivity contribution < 1.29 is 4.52 Å². The van der Waals surface area contributed by atoms with E-state index in [2.05, 4.69) is 42.2 Å². The van der Waals surface area contributed by atoms with Crippen molar-refractivity contribution in [3.05, 3.63) is 77.4 Å². The molecule has 1 aliphatic carbocycles. The van der Waals surface area contributed by atoms with Crippen LogP contribution in [0.2, 0.25) is 0 Å². The predicted molar refractivity (Wildman–Crippen MR) is 105 cm³/mol. The Kier molecular flexibility index (Phi) is 4.60. The molecule has 3 aromatic rings. The molecule has 0 amide bonds. The summed E-state index contributed by atoms with van der Waals surface area (Å²) in [5, 5.41) is 13.4. The number of hydrogen-bond acceptors (Lipinski definition) is 4. The fraction of sp³-hybridized carbons (Fsp3) is 0.261. The smallest absolute Gasteiger partial charge is 0.127 e. The summed E-state index contributed by atoms with van der Waals surface area (Å²) in [5.41, 5.74) is 5.68. The summed E-state index contributed by atoms with van der Waals surface area (Å²) in [4.78, 5) is 4.57. The van der Waals surface area contributed by atoms with E-state index in [9.17, 15) is 5.26 Å². The fourth-order valence-corrected chi connectivity index (χ4v) is 3.80. The average Bonchev–Trinajstić information content (AvgIpc) is 3.16. The van der Waals surface area contributed by atoms with Gasteiger partial charge in [0.2, 0.25) is 0 Å². The Morgan fingerprint density at radius 3 is 2.81 bits per heavy atom. The monoisotopic (exact) mass is 355 g/mol. The Labute approximate surface area is 159 Å². The predicted octanol–water partition coefficient (Wildman–Crippen LogP) is 5.23. The molecule has 0 aliphatic heterocycles. The number of nitrogens with zero attached hydrogens (tertiary/aromatic N) is 3. The van der Waals surface area contributed by atoms with Crippen LogP contribution in [0.25, 0.3) is 17.2 Å². The first-order valence-corrected chi connectivity index (χ1v) is 9.24. The topological polar surface area (TPSA) is 62.7 Å². The van der Waals surface area contributed by atoms with Crippen molar-refractivity contribution in [1.29, 1.82) is 5.26 Å². The second-order valence-electron chi connectivity index (χ2n) is 7.27. The molecule has 0 fully saturated rings. The van der Waals surface area contributed by atoms with Crippen LogP contribution in [0.1, 0.15) is 42.3 Å². The van der Waals surface area contributed by atoms with E-state index in [0.29, 0.717) is 17.4 Å². The van der Waals surface area contributed by atoms with E-state index in [1.807, 2.05) is 42.6 Å². The number of fused-ring (bicyclic) bond motifs is 1. The molecule has 0 bridgehead atoms. The number of pyridine rings is 1. The number of nitriles is 1. The molecule has 1 aromatic carbocycles. The van der Waals surface area contributed by atoms with Gasteiger partial charge in [-0.3, -0.25) is 4.98 Å². The molecule has 0 radical (unpaired) electrons. The first kappa shape index (κ1) is 17.2. The molecule has 4 heteroatoms. The number of aromatic nitrogens is 2. The van der Waals surface area contributed by atoms with Crippen LogP contribution in [-0.4, -0.2) is 10.1 Å². The van der Waals surface area contributed by atoms with Crippen molar-refractivity contribution in [2.75, 3.05) is 0 Å². The molecule has 4 nitrogen and oxygen atoms in total. The first-order valence-electron chi connectivity index (χ1n) is 9.24. The summed E-state index contributed by atoms with van der Waals surface area (Å²) in [6.45, 7) is 4.55. The largest absolute Gasteiger partial charge is 0.364 e. The number of benzene rings is 1. The van der Waals surface area contributed by atoms with Gasteiger partial charge in [-0.25, -0.2) is 0 Å². The first-order chi connectivity index (χ1) is 13.2. The van der Waals surface area contributed by atoms with Crippen molar-refractivity contribution in [2.24, 2.45) is 11.8 Å². The van der Waals surface area contributed by atoms with E-state index in [0.717, 1.165) is 28.9 Å². The summed E-state index contributed by atoms with van der Waals surface area (Å²) >= 11 is 0. The van der Waals surface area contributed by atoms with Gasteiger partial charge >= 0.3 is 0 Å². The standard InChI is InChI=1S/C23H21N3O/c1-15-11-23-22(14-27-26-23)20(16(15)2)10-9-19-8-7-18(13-25-19)21-6-4-3-5-17(21)12-24/h3-10,13-16,20H,11H2,1-2H3/b10-9+/t15-,16+,20-/m0/s1. The average molecular weight is 355 g/mol. The van der Waals surface area contributed by atoms with Crippen LogP contribution in [0.5, 0.6) is 0 Å². The number of allylic oxidation sites excluding steroid dienone is 1. The molecule has 27 heavy (non-hydrogen) atoms. The molecule has 0 N–H and O–H groups in total. The zero-order valence-corrected chi connectivity index (χ0v) is 15.5. The zero-order valence-electron chi connectivity index (χ0n) is 15.5. The third-order valence-electron chi connectivity index (χ3n) is 5.63. The Morgan fingerprint density at radius 2 is 2.04 bits per heavy atom. The van der Waals surface area contributed by atoms with Crippen LogP contribution in [0.4, 0.5) is 0 Å². The van der Waals surface area contributed by atoms with Crippen LogP contribution in [0, 0.1) is 23.2 Å². The Bertz CT molecular complexity index is 1010. The third kappa shape index (κ3) is 3.29. The minimum absolute atomic E-state index is 0.288. The van der Waals surface area contributed by atoms with Gasteiger partial charge in [-0.05, 0) is 36.5 Å². The van der Waals surface area contributed by atoms with E-state index in [1.165, 1.54) is 5.56 Å². The third-order valence-corrected chi connectivity index (χ3v) is 5.63. The quantitative estimate of drug-likeness (QED) is 0.645. The minimum atomic E-state index is 0.288. The molecule has 2 heterocycles. The number of hydrogen-bond donors (Lipinski definition) is 0. The minimum Gasteiger partial charge on any atom is -0.364 e. The summed E-state index contributed by atoms with van der Waals surface area (Å²) in [6, 6.07) is 13.8. The fourth-order valence-electron chi connectivity index (χ4n) is 3.80. The highest BCUT2D eigenvalue weighted by atomic mass is 16.5. The van der Waals surface area contributed by atoms with E-state index >= 15 is 0 Å². The molecule has 134 valence electrons. The van der Waals surface area contributed by atoms with Gasteiger partial charge < -0.3 is 4.52 Å². The van der Waals surface area contributed by atoms with Gasteiger partial charge in [0.05, 0.1) is 23.0 Å². The van der Waals surface area contributed by atoms with Gasteiger partial charge in [0.1, 0.15) is 6.26 Å². The maximum Gasteiger partial charge on any atom is 0.127 e. The molecule has 3 atom stereocenters. The highest BCUT2D eigenvalue weighted by molar-refractivity contribution is 5.70. The Balaban J connectivity index is 1.58. The van der Waals surface area contributed by atoms with E-state index in [-0.39, 0.29) is 5.92 Å². The van der Waals surface area contributed by atoms with E-state index in [1.54, 1.807) is 6.26 Å². The van der Waals surface area contributed by atoms with Crippen molar-refractivity contribution in [2.45, 2.75) is 26.2 Å². The second-order valence-corrected chi connectivity index (χ2v) is 7.27. The molecule has 0 saturated carbocycles. The molecule has 4 rings (SSSR count). The molecule has 0 spiro atoms.